The molecule has 0 amide bonds. The van der Waals surface area contributed by atoms with Crippen LogP contribution in [0.25, 0.3) is 6.08 Å². The predicted octanol–water partition coefficient (Wildman–Crippen LogP) is 5.60. The summed E-state index contributed by atoms with van der Waals surface area (Å²) in [5.41, 5.74) is 2.33. The number of hydrogen-bond donors (Lipinski definition) is 1. The van der Waals surface area contributed by atoms with Gasteiger partial charge in [0.25, 0.3) is 0 Å². The van der Waals surface area contributed by atoms with E-state index in [-0.39, 0.29) is 42.0 Å². The average molecular weight is 535 g/mol. The average Bonchev–Trinajstić information content (AvgIpc) is 3.85. The van der Waals surface area contributed by atoms with E-state index in [1.165, 1.54) is 11.6 Å². The van der Waals surface area contributed by atoms with Gasteiger partial charge in [-0.2, -0.15) is 0 Å². The molecule has 208 valence electrons. The Morgan fingerprint density at radius 3 is 2.36 bits per heavy atom. The van der Waals surface area contributed by atoms with Crippen molar-refractivity contribution < 1.29 is 33.6 Å². The molecule has 7 nitrogen and oxygen atoms in total. The van der Waals surface area contributed by atoms with Gasteiger partial charge in [-0.15, -0.1) is 0 Å². The molecule has 3 aliphatic rings. The van der Waals surface area contributed by atoms with Gasteiger partial charge in [-0.05, 0) is 81.5 Å². The van der Waals surface area contributed by atoms with Crippen LogP contribution >= 0.6 is 0 Å². The lowest BCUT2D eigenvalue weighted by Crippen LogP contribution is -2.55. The van der Waals surface area contributed by atoms with Crippen molar-refractivity contribution in [2.75, 3.05) is 13.7 Å². The Morgan fingerprint density at radius 2 is 1.77 bits per heavy atom. The monoisotopic (exact) mass is 534 g/mol. The smallest absolute Gasteiger partial charge is 0.331 e. The lowest BCUT2D eigenvalue weighted by molar-refractivity contribution is -0.166. The number of benzene rings is 2. The summed E-state index contributed by atoms with van der Waals surface area (Å²) >= 11 is 0. The third kappa shape index (κ3) is 6.12. The molecule has 2 aliphatic heterocycles. The van der Waals surface area contributed by atoms with Crippen LogP contribution in [0.15, 0.2) is 66.3 Å². The van der Waals surface area contributed by atoms with Crippen molar-refractivity contribution in [3.63, 3.8) is 0 Å². The molecule has 0 radical (unpaired) electrons. The summed E-state index contributed by atoms with van der Waals surface area (Å²) in [6.45, 7) is 7.01. The minimum Gasteiger partial charge on any atom is -0.457 e. The molecule has 1 aliphatic carbocycles. The first kappa shape index (κ1) is 27.6. The zero-order valence-electron chi connectivity index (χ0n) is 23.1. The van der Waals surface area contributed by atoms with E-state index in [1.807, 2.05) is 48.5 Å². The molecule has 3 fully saturated rings. The van der Waals surface area contributed by atoms with Crippen LogP contribution in [-0.4, -0.2) is 54.3 Å². The molecule has 1 spiro atoms. The van der Waals surface area contributed by atoms with Crippen LogP contribution in [0.1, 0.15) is 51.2 Å². The highest BCUT2D eigenvalue weighted by Gasteiger charge is 2.72. The first-order valence-electron chi connectivity index (χ1n) is 13.6. The third-order valence-electron chi connectivity index (χ3n) is 8.14. The number of carbonyl (C=O) groups excluding carboxylic acids is 1. The molecule has 7 heteroatoms. The van der Waals surface area contributed by atoms with Crippen LogP contribution in [0.2, 0.25) is 0 Å². The summed E-state index contributed by atoms with van der Waals surface area (Å²) < 4.78 is 30.0. The number of epoxide rings is 2. The zero-order chi connectivity index (χ0) is 27.6. The summed E-state index contributed by atoms with van der Waals surface area (Å²) in [6, 6.07) is 14.7. The van der Waals surface area contributed by atoms with Gasteiger partial charge in [-0.25, -0.2) is 4.79 Å². The number of allylic oxidation sites excluding steroid dienone is 1. The molecule has 2 aromatic rings. The van der Waals surface area contributed by atoms with Gasteiger partial charge in [-0.1, -0.05) is 35.9 Å². The number of ether oxygens (including phenoxy) is 5. The van der Waals surface area contributed by atoms with Crippen LogP contribution in [0.3, 0.4) is 0 Å². The molecular formula is C32H38O7. The van der Waals surface area contributed by atoms with E-state index >= 15 is 0 Å². The number of hydrogen-bond acceptors (Lipinski definition) is 7. The van der Waals surface area contributed by atoms with Gasteiger partial charge < -0.3 is 28.8 Å². The summed E-state index contributed by atoms with van der Waals surface area (Å²) in [5, 5.41) is 9.17. The van der Waals surface area contributed by atoms with Crippen molar-refractivity contribution in [1.82, 2.24) is 0 Å². The molecule has 0 bridgehead atoms. The topological polar surface area (TPSA) is 90.1 Å². The fourth-order valence-corrected chi connectivity index (χ4v) is 5.87. The molecule has 1 N–H and O–H groups in total. The summed E-state index contributed by atoms with van der Waals surface area (Å²) in [7, 11) is 1.68. The number of aliphatic hydroxyl groups is 1. The Labute approximate surface area is 230 Å². The Kier molecular flexibility index (Phi) is 7.96. The Balaban J connectivity index is 1.19. The van der Waals surface area contributed by atoms with E-state index < -0.39 is 5.97 Å². The van der Waals surface area contributed by atoms with Crippen molar-refractivity contribution in [1.29, 1.82) is 0 Å². The molecule has 5 rings (SSSR count). The summed E-state index contributed by atoms with van der Waals surface area (Å²) in [5.74, 6) is 0.955. The maximum absolute atomic E-state index is 12.8. The lowest BCUT2D eigenvalue weighted by Gasteiger charge is -2.42. The number of rotatable bonds is 10. The highest BCUT2D eigenvalue weighted by molar-refractivity contribution is 5.87. The largest absolute Gasteiger partial charge is 0.457 e. The van der Waals surface area contributed by atoms with Crippen molar-refractivity contribution in [3.8, 4) is 11.5 Å². The highest BCUT2D eigenvalue weighted by Crippen LogP contribution is 2.59. The van der Waals surface area contributed by atoms with Crippen molar-refractivity contribution >= 4 is 12.0 Å². The van der Waals surface area contributed by atoms with Crippen molar-refractivity contribution in [2.45, 2.75) is 76.2 Å². The first-order chi connectivity index (χ1) is 18.8. The molecule has 6 atom stereocenters. The molecule has 1 saturated carbocycles. The number of carbonyl (C=O) groups is 1. The van der Waals surface area contributed by atoms with Crippen molar-refractivity contribution in [2.24, 2.45) is 5.92 Å². The SMILES string of the molecule is CO[C@@H]1[C@H](OC(=O)/C=C/c2ccc(Oc3ccc(CO)cc3)cc2)CC[C@]2(CO2)[C@H]1[C@]1(C)O[C@H]1CC=C(C)C. The number of esters is 1. The summed E-state index contributed by atoms with van der Waals surface area (Å²) in [6.07, 6.45) is 7.19. The molecule has 2 heterocycles. The third-order valence-corrected chi connectivity index (χ3v) is 8.14. The van der Waals surface area contributed by atoms with E-state index in [0.29, 0.717) is 24.5 Å². The maximum Gasteiger partial charge on any atom is 0.331 e. The minimum absolute atomic E-state index is 0.00272. The van der Waals surface area contributed by atoms with Crippen LogP contribution < -0.4 is 4.74 Å². The number of methoxy groups -OCH3 is 1. The summed E-state index contributed by atoms with van der Waals surface area (Å²) in [4.78, 5) is 12.8. The van der Waals surface area contributed by atoms with E-state index in [0.717, 1.165) is 24.0 Å². The van der Waals surface area contributed by atoms with Gasteiger partial charge in [0.05, 0.1) is 25.2 Å². The minimum atomic E-state index is -0.402. The molecule has 0 unspecified atom stereocenters. The van der Waals surface area contributed by atoms with Crippen LogP contribution in [-0.2, 0) is 30.3 Å². The molecule has 2 aromatic carbocycles. The van der Waals surface area contributed by atoms with E-state index in [4.69, 9.17) is 28.8 Å². The Hall–Kier alpha value is -2.97. The standard InChI is InChI=1S/C32H38O7/c1-21(2)5-15-27-31(3,39-27)30-29(35-4)26(17-18-32(30)20-36-32)38-28(34)16-10-22-6-11-24(12-7-22)37-25-13-8-23(19-33)9-14-25/h5-14,16,26-27,29-30,33H,15,17-20H2,1-4H3/b16-10+/t26-,27+,29-,30-,31-,32+/m1/s1. The van der Waals surface area contributed by atoms with Crippen LogP contribution in [0.5, 0.6) is 11.5 Å². The molecule has 39 heavy (non-hydrogen) atoms. The van der Waals surface area contributed by atoms with Crippen LogP contribution in [0.4, 0.5) is 0 Å². The molecule has 2 saturated heterocycles. The van der Waals surface area contributed by atoms with Gasteiger partial charge in [-0.3, -0.25) is 0 Å². The fraction of sp³-hybridized carbons (Fsp3) is 0.469. The lowest BCUT2D eigenvalue weighted by atomic mass is 9.68. The Morgan fingerprint density at radius 1 is 1.10 bits per heavy atom. The quantitative estimate of drug-likeness (QED) is 0.184. The van der Waals surface area contributed by atoms with Gasteiger partial charge >= 0.3 is 5.97 Å². The van der Waals surface area contributed by atoms with Gasteiger partial charge in [0.15, 0.2) is 0 Å². The van der Waals surface area contributed by atoms with Crippen molar-refractivity contribution in [3.05, 3.63) is 77.4 Å². The van der Waals surface area contributed by atoms with E-state index in [2.05, 4.69) is 26.8 Å². The normalized spacial score (nSPS) is 31.2. The van der Waals surface area contributed by atoms with Gasteiger partial charge in [0.2, 0.25) is 0 Å². The van der Waals surface area contributed by atoms with E-state index in [9.17, 15) is 4.79 Å². The van der Waals surface area contributed by atoms with Crippen LogP contribution in [0, 0.1) is 5.92 Å². The number of aliphatic hydroxyl groups excluding tert-OH is 1. The Bertz CT molecular complexity index is 1210. The molecular weight excluding hydrogens is 496 g/mol. The molecule has 0 aromatic heterocycles. The highest BCUT2D eigenvalue weighted by atomic mass is 16.6. The van der Waals surface area contributed by atoms with E-state index in [1.54, 1.807) is 13.2 Å². The second-order valence-corrected chi connectivity index (χ2v) is 11.2. The zero-order valence-corrected chi connectivity index (χ0v) is 23.1. The second-order valence-electron chi connectivity index (χ2n) is 11.2. The van der Waals surface area contributed by atoms with Gasteiger partial charge in [0.1, 0.15) is 34.9 Å². The second kappa shape index (κ2) is 11.3. The fourth-order valence-electron chi connectivity index (χ4n) is 5.87. The predicted molar refractivity (Wildman–Crippen MR) is 147 cm³/mol. The maximum atomic E-state index is 12.8. The first-order valence-corrected chi connectivity index (χ1v) is 13.6. The van der Waals surface area contributed by atoms with Gasteiger partial charge in [0, 0.05) is 13.2 Å².